The number of anilines is 1. The van der Waals surface area contributed by atoms with E-state index in [-0.39, 0.29) is 37.3 Å². The molecule has 1 atom stereocenters. The van der Waals surface area contributed by atoms with Crippen LogP contribution in [-0.4, -0.2) is 67.6 Å². The summed E-state index contributed by atoms with van der Waals surface area (Å²) < 4.78 is 0. The highest BCUT2D eigenvalue weighted by Gasteiger charge is 2.29. The first-order chi connectivity index (χ1) is 11.2. The smallest absolute Gasteiger partial charge is 0.236 e. The fraction of sp³-hybridized carbons (Fsp3) is 0.588. The minimum absolute atomic E-state index is 0. The van der Waals surface area contributed by atoms with E-state index in [4.69, 9.17) is 17.3 Å². The molecule has 0 aliphatic carbocycles. The normalized spacial score (nSPS) is 21.3. The van der Waals surface area contributed by atoms with Crippen molar-refractivity contribution in [3.05, 3.63) is 29.3 Å². The van der Waals surface area contributed by atoms with Crippen LogP contribution in [0.1, 0.15) is 12.8 Å². The predicted octanol–water partition coefficient (Wildman–Crippen LogP) is 2.26. The molecule has 0 spiro atoms. The monoisotopic (exact) mass is 408 g/mol. The fourth-order valence-corrected chi connectivity index (χ4v) is 3.81. The Morgan fingerprint density at radius 3 is 2.52 bits per heavy atom. The van der Waals surface area contributed by atoms with Gasteiger partial charge in [0, 0.05) is 56.0 Å². The van der Waals surface area contributed by atoms with E-state index in [0.29, 0.717) is 6.04 Å². The highest BCUT2D eigenvalue weighted by atomic mass is 35.5. The summed E-state index contributed by atoms with van der Waals surface area (Å²) in [5.41, 5.74) is 6.69. The molecular formula is C17H27Cl3N4O. The van der Waals surface area contributed by atoms with Gasteiger partial charge in [0.15, 0.2) is 0 Å². The topological polar surface area (TPSA) is 52.8 Å². The van der Waals surface area contributed by atoms with Gasteiger partial charge in [0.05, 0.1) is 6.54 Å². The quantitative estimate of drug-likeness (QED) is 0.832. The summed E-state index contributed by atoms with van der Waals surface area (Å²) in [6, 6.07) is 8.53. The minimum atomic E-state index is 0. The van der Waals surface area contributed by atoms with Crippen LogP contribution in [0.4, 0.5) is 5.69 Å². The molecule has 5 nitrogen and oxygen atoms in total. The number of amides is 1. The van der Waals surface area contributed by atoms with Gasteiger partial charge in [0.2, 0.25) is 5.91 Å². The average molecular weight is 410 g/mol. The number of rotatable bonds is 3. The number of halogens is 3. The van der Waals surface area contributed by atoms with Gasteiger partial charge in [-0.1, -0.05) is 17.7 Å². The van der Waals surface area contributed by atoms with Crippen LogP contribution >= 0.6 is 36.4 Å². The van der Waals surface area contributed by atoms with Gasteiger partial charge >= 0.3 is 0 Å². The van der Waals surface area contributed by atoms with Crippen molar-refractivity contribution in [3.8, 4) is 0 Å². The molecule has 2 aliphatic heterocycles. The standard InChI is InChI=1S/C17H25ClN4O.2ClH/c18-14-3-1-4-15(11-14)20-7-9-21(10-8-20)16-5-2-6-22(13-16)17(23)12-19;;/h1,3-4,11,16H,2,5-10,12-13,19H2;2*1H. The largest absolute Gasteiger partial charge is 0.369 e. The fourth-order valence-electron chi connectivity index (χ4n) is 3.63. The van der Waals surface area contributed by atoms with Crippen molar-refractivity contribution in [3.63, 3.8) is 0 Å². The van der Waals surface area contributed by atoms with Crippen molar-refractivity contribution >= 4 is 48.0 Å². The summed E-state index contributed by atoms with van der Waals surface area (Å²) >= 11 is 6.09. The Bertz CT molecular complexity index is 552. The third-order valence-electron chi connectivity index (χ3n) is 4.93. The number of hydrogen-bond acceptors (Lipinski definition) is 4. The van der Waals surface area contributed by atoms with Gasteiger partial charge in [0.25, 0.3) is 0 Å². The molecule has 142 valence electrons. The predicted molar refractivity (Wildman–Crippen MR) is 108 cm³/mol. The van der Waals surface area contributed by atoms with Gasteiger partial charge in [-0.25, -0.2) is 0 Å². The van der Waals surface area contributed by atoms with Gasteiger partial charge < -0.3 is 15.5 Å². The van der Waals surface area contributed by atoms with Crippen LogP contribution in [0.5, 0.6) is 0 Å². The zero-order valence-electron chi connectivity index (χ0n) is 14.3. The number of carbonyl (C=O) groups is 1. The number of nitrogens with zero attached hydrogens (tertiary/aromatic N) is 3. The lowest BCUT2D eigenvalue weighted by Gasteiger charge is -2.44. The van der Waals surface area contributed by atoms with Crippen LogP contribution in [0.3, 0.4) is 0 Å². The lowest BCUT2D eigenvalue weighted by Crippen LogP contribution is -2.56. The van der Waals surface area contributed by atoms with E-state index in [1.54, 1.807) is 0 Å². The maximum atomic E-state index is 11.8. The van der Waals surface area contributed by atoms with Crippen molar-refractivity contribution in [1.82, 2.24) is 9.80 Å². The van der Waals surface area contributed by atoms with Gasteiger partial charge in [0.1, 0.15) is 0 Å². The molecule has 0 radical (unpaired) electrons. The molecular weight excluding hydrogens is 383 g/mol. The van der Waals surface area contributed by atoms with Crippen molar-refractivity contribution in [2.24, 2.45) is 5.73 Å². The van der Waals surface area contributed by atoms with Crippen molar-refractivity contribution < 1.29 is 4.79 Å². The van der Waals surface area contributed by atoms with Crippen LogP contribution in [-0.2, 0) is 4.79 Å². The van der Waals surface area contributed by atoms with E-state index >= 15 is 0 Å². The first kappa shape index (κ1) is 22.3. The lowest BCUT2D eigenvalue weighted by atomic mass is 10.0. The summed E-state index contributed by atoms with van der Waals surface area (Å²) in [6.07, 6.45) is 2.25. The van der Waals surface area contributed by atoms with Crippen LogP contribution < -0.4 is 10.6 Å². The van der Waals surface area contributed by atoms with Crippen LogP contribution in [0.25, 0.3) is 0 Å². The molecule has 1 unspecified atom stereocenters. The molecule has 3 rings (SSSR count). The van der Waals surface area contributed by atoms with Gasteiger partial charge in [-0.3, -0.25) is 9.69 Å². The minimum Gasteiger partial charge on any atom is -0.369 e. The van der Waals surface area contributed by atoms with Gasteiger partial charge in [-0.15, -0.1) is 24.8 Å². The summed E-state index contributed by atoms with van der Waals surface area (Å²) in [6.45, 7) is 5.87. The summed E-state index contributed by atoms with van der Waals surface area (Å²) in [4.78, 5) is 18.7. The molecule has 1 aromatic rings. The number of piperazine rings is 1. The number of likely N-dealkylation sites (tertiary alicyclic amines) is 1. The summed E-state index contributed by atoms with van der Waals surface area (Å²) in [5.74, 6) is 0.0762. The molecule has 0 aromatic heterocycles. The number of piperidine rings is 1. The number of hydrogen-bond donors (Lipinski definition) is 1. The Labute approximate surface area is 167 Å². The SMILES string of the molecule is Cl.Cl.NCC(=O)N1CCCC(N2CCN(c3cccc(Cl)c3)CC2)C1. The Hall–Kier alpha value is -0.720. The second kappa shape index (κ2) is 10.4. The maximum absolute atomic E-state index is 11.8. The van der Waals surface area contributed by atoms with E-state index in [0.717, 1.165) is 50.7 Å². The van der Waals surface area contributed by atoms with Crippen molar-refractivity contribution in [1.29, 1.82) is 0 Å². The maximum Gasteiger partial charge on any atom is 0.236 e. The molecule has 25 heavy (non-hydrogen) atoms. The third kappa shape index (κ3) is 5.63. The Kier molecular flexibility index (Phi) is 9.32. The van der Waals surface area contributed by atoms with E-state index in [1.807, 2.05) is 23.1 Å². The molecule has 2 saturated heterocycles. The van der Waals surface area contributed by atoms with E-state index < -0.39 is 0 Å². The van der Waals surface area contributed by atoms with Crippen LogP contribution in [0.15, 0.2) is 24.3 Å². The molecule has 2 heterocycles. The average Bonchev–Trinajstić information content (AvgIpc) is 2.61. The van der Waals surface area contributed by atoms with E-state index in [2.05, 4.69) is 15.9 Å². The molecule has 0 saturated carbocycles. The highest BCUT2D eigenvalue weighted by molar-refractivity contribution is 6.30. The number of benzene rings is 1. The third-order valence-corrected chi connectivity index (χ3v) is 5.16. The van der Waals surface area contributed by atoms with Crippen LogP contribution in [0.2, 0.25) is 5.02 Å². The molecule has 0 bridgehead atoms. The first-order valence-electron chi connectivity index (χ1n) is 8.40. The highest BCUT2D eigenvalue weighted by Crippen LogP contribution is 2.23. The van der Waals surface area contributed by atoms with Gasteiger partial charge in [-0.05, 0) is 31.0 Å². The first-order valence-corrected chi connectivity index (χ1v) is 8.77. The second-order valence-corrected chi connectivity index (χ2v) is 6.78. The van der Waals surface area contributed by atoms with Gasteiger partial charge in [-0.2, -0.15) is 0 Å². The second-order valence-electron chi connectivity index (χ2n) is 6.34. The van der Waals surface area contributed by atoms with Crippen molar-refractivity contribution in [2.75, 3.05) is 50.7 Å². The number of carbonyl (C=O) groups excluding carboxylic acids is 1. The Morgan fingerprint density at radius 1 is 1.16 bits per heavy atom. The van der Waals surface area contributed by atoms with Crippen molar-refractivity contribution in [2.45, 2.75) is 18.9 Å². The lowest BCUT2D eigenvalue weighted by molar-refractivity contribution is -0.131. The molecule has 2 aliphatic rings. The zero-order chi connectivity index (χ0) is 16.2. The molecule has 2 fully saturated rings. The molecule has 2 N–H and O–H groups in total. The number of nitrogens with two attached hydrogens (primary N) is 1. The molecule has 8 heteroatoms. The Balaban J connectivity index is 0.00000156. The Morgan fingerprint density at radius 2 is 1.88 bits per heavy atom. The van der Waals surface area contributed by atoms with E-state index in [1.165, 1.54) is 12.1 Å². The van der Waals surface area contributed by atoms with Crippen LogP contribution in [0, 0.1) is 0 Å². The molecule has 1 aromatic carbocycles. The summed E-state index contributed by atoms with van der Waals surface area (Å²) in [5, 5.41) is 0.785. The zero-order valence-corrected chi connectivity index (χ0v) is 16.7. The van der Waals surface area contributed by atoms with E-state index in [9.17, 15) is 4.79 Å². The molecule has 1 amide bonds. The summed E-state index contributed by atoms with van der Waals surface area (Å²) in [7, 11) is 0.